The average Bonchev–Trinajstić information content (AvgIpc) is 2.77. The highest BCUT2D eigenvalue weighted by atomic mass is 15.0. The maximum atomic E-state index is 4.20. The fourth-order valence-corrected chi connectivity index (χ4v) is 1.68. The van der Waals surface area contributed by atoms with Crippen LogP contribution in [0.3, 0.4) is 0 Å². The number of benzene rings is 1. The quantitative estimate of drug-likeness (QED) is 0.702. The molecule has 2 aromatic heterocycles. The molecule has 78 valence electrons. The van der Waals surface area contributed by atoms with Gasteiger partial charge in [-0.3, -0.25) is 0 Å². The lowest BCUT2D eigenvalue weighted by molar-refractivity contribution is 1.19. The maximum Gasteiger partial charge on any atom is 0.136 e. The lowest BCUT2D eigenvalue weighted by atomic mass is 10.3. The molecule has 3 rings (SSSR count). The van der Waals surface area contributed by atoms with Crippen molar-refractivity contribution in [3.63, 3.8) is 0 Å². The molecule has 0 amide bonds. The normalized spacial score (nSPS) is 10.5. The van der Waals surface area contributed by atoms with Crippen LogP contribution in [0.1, 0.15) is 0 Å². The fraction of sp³-hybridized carbons (Fsp3) is 0. The zero-order valence-corrected chi connectivity index (χ0v) is 8.67. The van der Waals surface area contributed by atoms with Crippen molar-refractivity contribution in [1.82, 2.24) is 9.38 Å². The number of para-hydroxylation sites is 1. The van der Waals surface area contributed by atoms with Gasteiger partial charge in [-0.05, 0) is 24.3 Å². The van der Waals surface area contributed by atoms with Crippen molar-refractivity contribution in [2.24, 2.45) is 0 Å². The Morgan fingerprint density at radius 2 is 1.81 bits per heavy atom. The number of aromatic nitrogens is 2. The van der Waals surface area contributed by atoms with Gasteiger partial charge in [-0.15, -0.1) is 0 Å². The van der Waals surface area contributed by atoms with Crippen LogP contribution in [-0.4, -0.2) is 9.38 Å². The number of nitrogens with zero attached hydrogens (tertiary/aromatic N) is 2. The second kappa shape index (κ2) is 3.70. The van der Waals surface area contributed by atoms with E-state index in [0.29, 0.717) is 0 Å². The van der Waals surface area contributed by atoms with Gasteiger partial charge in [-0.1, -0.05) is 18.2 Å². The van der Waals surface area contributed by atoms with Crippen molar-refractivity contribution >= 4 is 17.0 Å². The molecular weight excluding hydrogens is 198 g/mol. The number of anilines is 2. The summed E-state index contributed by atoms with van der Waals surface area (Å²) in [4.78, 5) is 4.20. The molecule has 0 radical (unpaired) electrons. The standard InChI is InChI=1S/C13H11N3/c1-2-4-11(5-3-1)15-12-6-7-13-14-8-9-16(13)10-12/h1-10,15H. The number of imidazole rings is 1. The van der Waals surface area contributed by atoms with E-state index in [0.717, 1.165) is 17.0 Å². The molecular formula is C13H11N3. The second-order valence-corrected chi connectivity index (χ2v) is 3.60. The summed E-state index contributed by atoms with van der Waals surface area (Å²) in [6, 6.07) is 14.1. The Morgan fingerprint density at radius 3 is 2.69 bits per heavy atom. The molecule has 3 aromatic rings. The molecule has 1 aromatic carbocycles. The zero-order chi connectivity index (χ0) is 10.8. The summed E-state index contributed by atoms with van der Waals surface area (Å²) in [5.74, 6) is 0. The Hall–Kier alpha value is -2.29. The molecule has 0 bridgehead atoms. The topological polar surface area (TPSA) is 29.3 Å². The molecule has 0 saturated carbocycles. The first-order chi connectivity index (χ1) is 7.92. The summed E-state index contributed by atoms with van der Waals surface area (Å²) >= 11 is 0. The van der Waals surface area contributed by atoms with Gasteiger partial charge in [0.2, 0.25) is 0 Å². The molecule has 3 nitrogen and oxygen atoms in total. The van der Waals surface area contributed by atoms with Crippen LogP contribution in [-0.2, 0) is 0 Å². The summed E-state index contributed by atoms with van der Waals surface area (Å²) in [5, 5.41) is 3.34. The van der Waals surface area contributed by atoms with Crippen molar-refractivity contribution in [1.29, 1.82) is 0 Å². The monoisotopic (exact) mass is 209 g/mol. The van der Waals surface area contributed by atoms with E-state index in [1.165, 1.54) is 0 Å². The van der Waals surface area contributed by atoms with Gasteiger partial charge in [0, 0.05) is 24.3 Å². The first-order valence-electron chi connectivity index (χ1n) is 5.17. The van der Waals surface area contributed by atoms with Crippen LogP contribution in [0.4, 0.5) is 11.4 Å². The van der Waals surface area contributed by atoms with Crippen LogP contribution in [0.2, 0.25) is 0 Å². The number of fused-ring (bicyclic) bond motifs is 1. The highest BCUT2D eigenvalue weighted by Gasteiger charge is 1.96. The second-order valence-electron chi connectivity index (χ2n) is 3.60. The van der Waals surface area contributed by atoms with E-state index in [1.54, 1.807) is 6.20 Å². The van der Waals surface area contributed by atoms with Crippen molar-refractivity contribution in [3.05, 3.63) is 61.1 Å². The number of nitrogens with one attached hydrogen (secondary N) is 1. The minimum Gasteiger partial charge on any atom is -0.354 e. The summed E-state index contributed by atoms with van der Waals surface area (Å²) < 4.78 is 1.99. The van der Waals surface area contributed by atoms with E-state index >= 15 is 0 Å². The lowest BCUT2D eigenvalue weighted by Crippen LogP contribution is -1.92. The maximum absolute atomic E-state index is 4.20. The van der Waals surface area contributed by atoms with Crippen LogP contribution in [0.5, 0.6) is 0 Å². The van der Waals surface area contributed by atoms with Gasteiger partial charge in [-0.2, -0.15) is 0 Å². The van der Waals surface area contributed by atoms with Crippen LogP contribution >= 0.6 is 0 Å². The largest absolute Gasteiger partial charge is 0.354 e. The fourth-order valence-electron chi connectivity index (χ4n) is 1.68. The van der Waals surface area contributed by atoms with Crippen LogP contribution in [0, 0.1) is 0 Å². The Labute approximate surface area is 93.4 Å². The van der Waals surface area contributed by atoms with Crippen molar-refractivity contribution in [2.45, 2.75) is 0 Å². The molecule has 0 spiro atoms. The van der Waals surface area contributed by atoms with Crippen molar-refractivity contribution in [3.8, 4) is 0 Å². The predicted octanol–water partition coefficient (Wildman–Crippen LogP) is 3.08. The molecule has 0 aliphatic carbocycles. The third-order valence-electron chi connectivity index (χ3n) is 2.45. The SMILES string of the molecule is c1ccc(Nc2ccc3nccn3c2)cc1. The van der Waals surface area contributed by atoms with Crippen LogP contribution in [0.25, 0.3) is 5.65 Å². The molecule has 0 aliphatic rings. The highest BCUT2D eigenvalue weighted by Crippen LogP contribution is 2.16. The van der Waals surface area contributed by atoms with Gasteiger partial charge >= 0.3 is 0 Å². The number of hydrogen-bond acceptors (Lipinski definition) is 2. The van der Waals surface area contributed by atoms with E-state index in [1.807, 2.05) is 59.3 Å². The summed E-state index contributed by atoms with van der Waals surface area (Å²) in [5.41, 5.74) is 3.09. The Balaban J connectivity index is 1.94. The minimum atomic E-state index is 0.957. The van der Waals surface area contributed by atoms with E-state index in [-0.39, 0.29) is 0 Å². The van der Waals surface area contributed by atoms with E-state index in [9.17, 15) is 0 Å². The third kappa shape index (κ3) is 1.63. The molecule has 0 fully saturated rings. The zero-order valence-electron chi connectivity index (χ0n) is 8.67. The molecule has 0 atom stereocenters. The number of hydrogen-bond donors (Lipinski definition) is 1. The van der Waals surface area contributed by atoms with Crippen LogP contribution in [0.15, 0.2) is 61.1 Å². The molecule has 3 heteroatoms. The first kappa shape index (κ1) is 8.97. The van der Waals surface area contributed by atoms with E-state index in [2.05, 4.69) is 10.3 Å². The lowest BCUT2D eigenvalue weighted by Gasteiger charge is -2.06. The van der Waals surface area contributed by atoms with Crippen molar-refractivity contribution < 1.29 is 0 Å². The highest BCUT2D eigenvalue weighted by molar-refractivity contribution is 5.60. The van der Waals surface area contributed by atoms with Gasteiger partial charge in [-0.25, -0.2) is 4.98 Å². The number of rotatable bonds is 2. The molecule has 2 heterocycles. The molecule has 16 heavy (non-hydrogen) atoms. The van der Waals surface area contributed by atoms with Gasteiger partial charge in [0.15, 0.2) is 0 Å². The molecule has 0 unspecified atom stereocenters. The minimum absolute atomic E-state index is 0.957. The van der Waals surface area contributed by atoms with Gasteiger partial charge < -0.3 is 9.72 Å². The van der Waals surface area contributed by atoms with E-state index < -0.39 is 0 Å². The van der Waals surface area contributed by atoms with E-state index in [4.69, 9.17) is 0 Å². The average molecular weight is 209 g/mol. The third-order valence-corrected chi connectivity index (χ3v) is 2.45. The molecule has 0 aliphatic heterocycles. The molecule has 1 N–H and O–H groups in total. The van der Waals surface area contributed by atoms with Crippen molar-refractivity contribution in [2.75, 3.05) is 5.32 Å². The smallest absolute Gasteiger partial charge is 0.136 e. The summed E-state index contributed by atoms with van der Waals surface area (Å²) in [7, 11) is 0. The number of pyridine rings is 1. The Kier molecular flexibility index (Phi) is 2.07. The van der Waals surface area contributed by atoms with Crippen LogP contribution < -0.4 is 5.32 Å². The predicted molar refractivity (Wildman–Crippen MR) is 64.9 cm³/mol. The van der Waals surface area contributed by atoms with Gasteiger partial charge in [0.05, 0.1) is 5.69 Å². The molecule has 0 saturated heterocycles. The first-order valence-corrected chi connectivity index (χ1v) is 5.17. The Bertz CT molecular complexity index is 599. The summed E-state index contributed by atoms with van der Waals surface area (Å²) in [6.45, 7) is 0. The summed E-state index contributed by atoms with van der Waals surface area (Å²) in [6.07, 6.45) is 5.75. The van der Waals surface area contributed by atoms with Gasteiger partial charge in [0.25, 0.3) is 0 Å². The van der Waals surface area contributed by atoms with Gasteiger partial charge in [0.1, 0.15) is 5.65 Å². The Morgan fingerprint density at radius 1 is 0.938 bits per heavy atom.